The van der Waals surface area contributed by atoms with Crippen LogP contribution < -0.4 is 4.57 Å². The number of carbonyl (C=O) groups is 1. The van der Waals surface area contributed by atoms with Gasteiger partial charge in [0.2, 0.25) is 6.33 Å². The molecular weight excluding hydrogens is 204 g/mol. The van der Waals surface area contributed by atoms with E-state index in [4.69, 9.17) is 0 Å². The van der Waals surface area contributed by atoms with Gasteiger partial charge in [0.15, 0.2) is 0 Å². The Kier molecular flexibility index (Phi) is 2.72. The normalized spacial score (nSPS) is 10.1. The minimum atomic E-state index is -0.315. The smallest absolute Gasteiger partial charge is 0.337 e. The van der Waals surface area contributed by atoms with Crippen LogP contribution in [0.3, 0.4) is 0 Å². The molecule has 0 N–H and O–H groups in total. The maximum atomic E-state index is 11.2. The topological polar surface area (TPSA) is 35.1 Å². The van der Waals surface area contributed by atoms with Crippen LogP contribution in [-0.4, -0.2) is 17.6 Å². The van der Waals surface area contributed by atoms with Crippen molar-refractivity contribution in [3.8, 4) is 5.69 Å². The van der Waals surface area contributed by atoms with E-state index in [1.165, 1.54) is 7.11 Å². The summed E-state index contributed by atoms with van der Waals surface area (Å²) in [6, 6.07) is 7.26. The first-order valence-corrected chi connectivity index (χ1v) is 4.92. The van der Waals surface area contributed by atoms with E-state index in [9.17, 15) is 4.79 Å². The molecule has 0 bridgehead atoms. The molecule has 0 aliphatic carbocycles. The molecule has 0 atom stereocenters. The standard InChI is InChI=1S/C12H13N2O2/c1-13-7-8-14(9-13)11-5-3-10(4-6-11)12(15)16-2/h3-9H,1-2H3/q+1. The SMILES string of the molecule is COC(=O)c1ccc(-n2cc[n+](C)c2)cc1. The van der Waals surface area contributed by atoms with Crippen LogP contribution in [0.2, 0.25) is 0 Å². The molecule has 4 heteroatoms. The van der Waals surface area contributed by atoms with E-state index in [0.29, 0.717) is 5.56 Å². The lowest BCUT2D eigenvalue weighted by Gasteiger charge is -1.99. The lowest BCUT2D eigenvalue weighted by Crippen LogP contribution is -2.23. The van der Waals surface area contributed by atoms with Gasteiger partial charge in [0, 0.05) is 0 Å². The van der Waals surface area contributed by atoms with E-state index < -0.39 is 0 Å². The Morgan fingerprint density at radius 2 is 2.00 bits per heavy atom. The molecular formula is C12H13N2O2+. The Labute approximate surface area is 93.7 Å². The summed E-state index contributed by atoms with van der Waals surface area (Å²) in [6.45, 7) is 0. The Balaban J connectivity index is 2.29. The van der Waals surface area contributed by atoms with Crippen LogP contribution >= 0.6 is 0 Å². The molecule has 0 amide bonds. The van der Waals surface area contributed by atoms with Crippen LogP contribution in [0.25, 0.3) is 5.69 Å². The van der Waals surface area contributed by atoms with Gasteiger partial charge in [-0.05, 0) is 24.3 Å². The predicted octanol–water partition coefficient (Wildman–Crippen LogP) is 1.09. The average Bonchev–Trinajstić information content (AvgIpc) is 2.75. The fourth-order valence-electron chi connectivity index (χ4n) is 1.49. The largest absolute Gasteiger partial charge is 0.465 e. The number of ether oxygens (including phenoxy) is 1. The highest BCUT2D eigenvalue weighted by Crippen LogP contribution is 2.09. The summed E-state index contributed by atoms with van der Waals surface area (Å²) in [7, 11) is 3.33. The van der Waals surface area contributed by atoms with Crippen molar-refractivity contribution < 1.29 is 14.1 Å². The van der Waals surface area contributed by atoms with Gasteiger partial charge in [-0.2, -0.15) is 0 Å². The van der Waals surface area contributed by atoms with Gasteiger partial charge in [0.05, 0.1) is 19.7 Å². The summed E-state index contributed by atoms with van der Waals surface area (Å²) in [4.78, 5) is 11.2. The lowest BCUT2D eigenvalue weighted by molar-refractivity contribution is -0.670. The summed E-state index contributed by atoms with van der Waals surface area (Å²) in [5.41, 5.74) is 1.57. The van der Waals surface area contributed by atoms with Crippen LogP contribution in [0.1, 0.15) is 10.4 Å². The molecule has 0 saturated carbocycles. The lowest BCUT2D eigenvalue weighted by atomic mass is 10.2. The molecule has 0 aliphatic rings. The van der Waals surface area contributed by atoms with Crippen molar-refractivity contribution in [2.24, 2.45) is 7.05 Å². The van der Waals surface area contributed by atoms with Crippen LogP contribution in [0, 0.1) is 0 Å². The number of aryl methyl sites for hydroxylation is 1. The zero-order valence-electron chi connectivity index (χ0n) is 9.25. The Morgan fingerprint density at radius 3 is 2.50 bits per heavy atom. The monoisotopic (exact) mass is 217 g/mol. The third-order valence-electron chi connectivity index (χ3n) is 2.36. The van der Waals surface area contributed by atoms with E-state index in [2.05, 4.69) is 4.74 Å². The van der Waals surface area contributed by atoms with Crippen molar-refractivity contribution in [2.75, 3.05) is 7.11 Å². The molecule has 1 aromatic carbocycles. The second-order valence-electron chi connectivity index (χ2n) is 3.52. The maximum Gasteiger partial charge on any atom is 0.337 e. The zero-order chi connectivity index (χ0) is 11.5. The van der Waals surface area contributed by atoms with Gasteiger partial charge in [-0.3, -0.25) is 0 Å². The molecule has 0 spiro atoms. The highest BCUT2D eigenvalue weighted by molar-refractivity contribution is 5.89. The Morgan fingerprint density at radius 1 is 1.31 bits per heavy atom. The minimum absolute atomic E-state index is 0.315. The second-order valence-corrected chi connectivity index (χ2v) is 3.52. The number of benzene rings is 1. The van der Waals surface area contributed by atoms with Gasteiger partial charge in [0.1, 0.15) is 18.1 Å². The van der Waals surface area contributed by atoms with E-state index in [0.717, 1.165) is 5.69 Å². The number of hydrogen-bond acceptors (Lipinski definition) is 2. The number of imidazole rings is 1. The number of rotatable bonds is 2. The fraction of sp³-hybridized carbons (Fsp3) is 0.167. The molecule has 82 valence electrons. The third kappa shape index (κ3) is 1.95. The Hall–Kier alpha value is -2.10. The Bertz CT molecular complexity index is 500. The van der Waals surface area contributed by atoms with Gasteiger partial charge in [-0.25, -0.2) is 13.9 Å². The summed E-state index contributed by atoms with van der Waals surface area (Å²) < 4.78 is 8.56. The first-order chi connectivity index (χ1) is 7.70. The minimum Gasteiger partial charge on any atom is -0.465 e. The summed E-state index contributed by atoms with van der Waals surface area (Å²) in [5.74, 6) is -0.315. The van der Waals surface area contributed by atoms with Gasteiger partial charge >= 0.3 is 5.97 Å². The summed E-state index contributed by atoms with van der Waals surface area (Å²) >= 11 is 0. The summed E-state index contributed by atoms with van der Waals surface area (Å²) in [6.07, 6.45) is 5.86. The number of aromatic nitrogens is 2. The van der Waals surface area contributed by atoms with Crippen molar-refractivity contribution in [2.45, 2.75) is 0 Å². The number of nitrogens with zero attached hydrogens (tertiary/aromatic N) is 2. The fourth-order valence-corrected chi connectivity index (χ4v) is 1.49. The van der Waals surface area contributed by atoms with Crippen LogP contribution in [0.15, 0.2) is 43.0 Å². The molecule has 0 aliphatic heterocycles. The quantitative estimate of drug-likeness (QED) is 0.557. The first kappa shape index (κ1) is 10.4. The molecule has 2 aromatic rings. The molecule has 2 rings (SSSR count). The maximum absolute atomic E-state index is 11.2. The highest BCUT2D eigenvalue weighted by atomic mass is 16.5. The van der Waals surface area contributed by atoms with Crippen molar-refractivity contribution in [3.63, 3.8) is 0 Å². The summed E-state index contributed by atoms with van der Waals surface area (Å²) in [5, 5.41) is 0. The van der Waals surface area contributed by atoms with Crippen LogP contribution in [0.4, 0.5) is 0 Å². The van der Waals surface area contributed by atoms with Gasteiger partial charge < -0.3 is 4.74 Å². The van der Waals surface area contributed by atoms with Gasteiger partial charge in [0.25, 0.3) is 0 Å². The second kappa shape index (κ2) is 4.18. The van der Waals surface area contributed by atoms with E-state index in [1.54, 1.807) is 12.1 Å². The van der Waals surface area contributed by atoms with Gasteiger partial charge in [-0.15, -0.1) is 0 Å². The molecule has 4 nitrogen and oxygen atoms in total. The average molecular weight is 217 g/mol. The highest BCUT2D eigenvalue weighted by Gasteiger charge is 2.07. The van der Waals surface area contributed by atoms with Crippen molar-refractivity contribution >= 4 is 5.97 Å². The van der Waals surface area contributed by atoms with Crippen LogP contribution in [-0.2, 0) is 11.8 Å². The van der Waals surface area contributed by atoms with E-state index >= 15 is 0 Å². The molecule has 0 saturated heterocycles. The van der Waals surface area contributed by atoms with E-state index in [1.807, 2.05) is 47.0 Å². The molecule has 1 aromatic heterocycles. The van der Waals surface area contributed by atoms with Crippen molar-refractivity contribution in [1.29, 1.82) is 0 Å². The number of methoxy groups -OCH3 is 1. The molecule has 16 heavy (non-hydrogen) atoms. The van der Waals surface area contributed by atoms with Crippen molar-refractivity contribution in [1.82, 2.24) is 4.57 Å². The number of carbonyl (C=O) groups excluding carboxylic acids is 1. The predicted molar refractivity (Wildman–Crippen MR) is 58.3 cm³/mol. The zero-order valence-corrected chi connectivity index (χ0v) is 9.25. The molecule has 0 unspecified atom stereocenters. The third-order valence-corrected chi connectivity index (χ3v) is 2.36. The van der Waals surface area contributed by atoms with Gasteiger partial charge in [-0.1, -0.05) is 0 Å². The molecule has 0 radical (unpaired) electrons. The number of esters is 1. The number of hydrogen-bond donors (Lipinski definition) is 0. The van der Waals surface area contributed by atoms with Crippen LogP contribution in [0.5, 0.6) is 0 Å². The molecule has 0 fully saturated rings. The van der Waals surface area contributed by atoms with E-state index in [-0.39, 0.29) is 5.97 Å². The molecule has 1 heterocycles. The van der Waals surface area contributed by atoms with Crippen molar-refractivity contribution in [3.05, 3.63) is 48.5 Å². The first-order valence-electron chi connectivity index (χ1n) is 4.92.